The van der Waals surface area contributed by atoms with Crippen molar-refractivity contribution in [2.45, 2.75) is 96.4 Å². The van der Waals surface area contributed by atoms with E-state index in [1.165, 1.54) is 16.7 Å². The topological polar surface area (TPSA) is 40.5 Å². The Labute approximate surface area is 199 Å². The van der Waals surface area contributed by atoms with Gasteiger partial charge in [-0.3, -0.25) is 0 Å². The van der Waals surface area contributed by atoms with Crippen LogP contribution in [0.2, 0.25) is 0 Å². The molecule has 0 bridgehead atoms. The van der Waals surface area contributed by atoms with E-state index in [2.05, 4.69) is 95.4 Å². The summed E-state index contributed by atoms with van der Waals surface area (Å²) in [5, 5.41) is 22.0. The Kier molecular flexibility index (Phi) is 6.78. The van der Waals surface area contributed by atoms with E-state index in [4.69, 9.17) is 0 Å². The zero-order chi connectivity index (χ0) is 25.1. The molecule has 2 aromatic rings. The van der Waals surface area contributed by atoms with Gasteiger partial charge in [0.05, 0.1) is 11.2 Å². The lowest BCUT2D eigenvalue weighted by molar-refractivity contribution is 0.0785. The molecule has 0 amide bonds. The zero-order valence-electron chi connectivity index (χ0n) is 22.8. The molecule has 0 unspecified atom stereocenters. The summed E-state index contributed by atoms with van der Waals surface area (Å²) in [5.41, 5.74) is 5.60. The third kappa shape index (κ3) is 5.91. The first kappa shape index (κ1) is 26.8. The summed E-state index contributed by atoms with van der Waals surface area (Å²) in [4.78, 5) is 0. The van der Waals surface area contributed by atoms with Gasteiger partial charge in [-0.1, -0.05) is 65.8 Å². The van der Waals surface area contributed by atoms with Gasteiger partial charge in [0.2, 0.25) is 0 Å². The van der Waals surface area contributed by atoms with Gasteiger partial charge < -0.3 is 10.2 Å². The summed E-state index contributed by atoms with van der Waals surface area (Å²) in [6.07, 6.45) is 0. The number of hydrogen-bond acceptors (Lipinski definition) is 2. The molecule has 0 heterocycles. The first-order valence-corrected chi connectivity index (χ1v) is 11.8. The minimum absolute atomic E-state index is 0.0377. The molecule has 2 N–H and O–H groups in total. The molecule has 2 aromatic carbocycles. The number of rotatable bonds is 6. The van der Waals surface area contributed by atoms with Crippen LogP contribution in [-0.4, -0.2) is 33.8 Å². The van der Waals surface area contributed by atoms with Crippen LogP contribution in [-0.2, 0) is 27.1 Å². The van der Waals surface area contributed by atoms with Crippen LogP contribution >= 0.6 is 0 Å². The fourth-order valence-electron chi connectivity index (χ4n) is 4.02. The quantitative estimate of drug-likeness (QED) is 0.688. The Morgan fingerprint density at radius 1 is 0.500 bits per heavy atom. The van der Waals surface area contributed by atoms with E-state index in [0.717, 1.165) is 22.3 Å². The summed E-state index contributed by atoms with van der Waals surface area (Å²) in [6.45, 7) is 20.7. The average molecular weight is 432 g/mol. The smallest absolute Gasteiger partial charge is 0.114 e. The lowest BCUT2D eigenvalue weighted by atomic mass is 9.60. The Balaban J connectivity index is 3.12. The largest absolute Gasteiger partial charge is 0.386 e. The second-order valence-corrected chi connectivity index (χ2v) is 13.6. The number of hydrogen-bond donors (Lipinski definition) is 2. The third-order valence-electron chi connectivity index (χ3n) is 6.27. The fraction of sp³-hybridized carbons (Fsp3) is 0.556. The van der Waals surface area contributed by atoms with E-state index in [0.29, 0.717) is 0 Å². The molecule has 0 saturated heterocycles. The SMILES string of the molecule is BC(C)(C)c1cc(-c2c(C(B)(C)C)cc(C(B)(C)C)cc2C(C)(C)O)cc(C(C)(C)O)c1. The first-order valence-electron chi connectivity index (χ1n) is 11.8. The molecule has 0 aliphatic heterocycles. The Hall–Kier alpha value is -1.45. The van der Waals surface area contributed by atoms with Gasteiger partial charge in [0.15, 0.2) is 0 Å². The molecular formula is C27H43B3O2. The second kappa shape index (κ2) is 8.10. The Morgan fingerprint density at radius 3 is 1.28 bits per heavy atom. The van der Waals surface area contributed by atoms with Crippen molar-refractivity contribution < 1.29 is 10.2 Å². The molecule has 172 valence electrons. The highest BCUT2D eigenvalue weighted by atomic mass is 16.3. The van der Waals surface area contributed by atoms with Crippen LogP contribution < -0.4 is 0 Å². The van der Waals surface area contributed by atoms with E-state index < -0.39 is 11.2 Å². The predicted octanol–water partition coefficient (Wildman–Crippen LogP) is 3.41. The maximum atomic E-state index is 11.3. The second-order valence-electron chi connectivity index (χ2n) is 13.6. The molecule has 0 aromatic heterocycles. The average Bonchev–Trinajstić information content (AvgIpc) is 2.56. The molecule has 2 nitrogen and oxygen atoms in total. The van der Waals surface area contributed by atoms with Gasteiger partial charge in [-0.25, -0.2) is 0 Å². The minimum atomic E-state index is -1.01. The summed E-state index contributed by atoms with van der Waals surface area (Å²) in [7, 11) is 6.65. The van der Waals surface area contributed by atoms with E-state index in [-0.39, 0.29) is 15.9 Å². The van der Waals surface area contributed by atoms with Crippen molar-refractivity contribution in [3.8, 4) is 11.1 Å². The highest BCUT2D eigenvalue weighted by Gasteiger charge is 2.32. The lowest BCUT2D eigenvalue weighted by Crippen LogP contribution is -2.27. The predicted molar refractivity (Wildman–Crippen MR) is 147 cm³/mol. The van der Waals surface area contributed by atoms with Gasteiger partial charge in [-0.15, -0.1) is 0 Å². The van der Waals surface area contributed by atoms with Crippen LogP contribution in [0.4, 0.5) is 0 Å². The van der Waals surface area contributed by atoms with Crippen molar-refractivity contribution in [1.82, 2.24) is 0 Å². The van der Waals surface area contributed by atoms with Crippen molar-refractivity contribution in [3.63, 3.8) is 0 Å². The van der Waals surface area contributed by atoms with Gasteiger partial charge in [-0.05, 0) is 88.6 Å². The van der Waals surface area contributed by atoms with Crippen molar-refractivity contribution in [2.75, 3.05) is 0 Å². The summed E-state index contributed by atoms with van der Waals surface area (Å²) >= 11 is 0. The van der Waals surface area contributed by atoms with E-state index in [9.17, 15) is 10.2 Å². The third-order valence-corrected chi connectivity index (χ3v) is 6.27. The minimum Gasteiger partial charge on any atom is -0.386 e. The summed E-state index contributed by atoms with van der Waals surface area (Å²) < 4.78 is 0. The van der Waals surface area contributed by atoms with Gasteiger partial charge in [-0.2, -0.15) is 0 Å². The lowest BCUT2D eigenvalue weighted by Gasteiger charge is -2.34. The molecule has 5 heteroatoms. The van der Waals surface area contributed by atoms with Gasteiger partial charge in [0.25, 0.3) is 0 Å². The molecule has 2 rings (SSSR count). The molecule has 0 aliphatic rings. The van der Waals surface area contributed by atoms with Gasteiger partial charge >= 0.3 is 0 Å². The molecule has 0 saturated carbocycles. The van der Waals surface area contributed by atoms with Gasteiger partial charge in [0, 0.05) is 0 Å². The zero-order valence-corrected chi connectivity index (χ0v) is 22.8. The van der Waals surface area contributed by atoms with Crippen molar-refractivity contribution >= 4 is 23.5 Å². The van der Waals surface area contributed by atoms with Crippen LogP contribution in [0.3, 0.4) is 0 Å². The normalized spacial score (nSPS) is 14.0. The van der Waals surface area contributed by atoms with Crippen LogP contribution in [0.25, 0.3) is 11.1 Å². The highest BCUT2D eigenvalue weighted by Crippen LogP contribution is 2.43. The van der Waals surface area contributed by atoms with Crippen LogP contribution in [0.15, 0.2) is 30.3 Å². The van der Waals surface area contributed by atoms with Crippen molar-refractivity contribution in [1.29, 1.82) is 0 Å². The molecular weight excluding hydrogens is 389 g/mol. The van der Waals surface area contributed by atoms with E-state index >= 15 is 0 Å². The molecule has 0 spiro atoms. The van der Waals surface area contributed by atoms with E-state index in [1.807, 2.05) is 27.7 Å². The van der Waals surface area contributed by atoms with Crippen molar-refractivity contribution in [2.24, 2.45) is 0 Å². The number of aliphatic hydroxyl groups is 2. The number of benzene rings is 2. The molecule has 32 heavy (non-hydrogen) atoms. The van der Waals surface area contributed by atoms with Gasteiger partial charge in [0.1, 0.15) is 23.5 Å². The highest BCUT2D eigenvalue weighted by molar-refractivity contribution is 6.17. The monoisotopic (exact) mass is 432 g/mol. The summed E-state index contributed by atoms with van der Waals surface area (Å²) in [5.74, 6) is 0. The summed E-state index contributed by atoms with van der Waals surface area (Å²) in [6, 6.07) is 11.0. The van der Waals surface area contributed by atoms with Crippen molar-refractivity contribution in [3.05, 3.63) is 58.1 Å². The maximum Gasteiger partial charge on any atom is 0.114 e. The molecule has 0 atom stereocenters. The first-order chi connectivity index (χ1) is 14.0. The standard InChI is InChI=1S/C27H43B3O2/c1-23(2,28)17-11-16(12-19(13-17)26(7,8)31)22-20(25(5,6)30)14-18(24(3,4)29)15-21(22)27(9,10)32/h11-15,31-32H,28-30H2,1-10H3. The molecule has 0 fully saturated rings. The van der Waals surface area contributed by atoms with Crippen LogP contribution in [0, 0.1) is 0 Å². The van der Waals surface area contributed by atoms with Crippen LogP contribution in [0.5, 0.6) is 0 Å². The fourth-order valence-corrected chi connectivity index (χ4v) is 4.02. The molecule has 0 aliphatic carbocycles. The Morgan fingerprint density at radius 2 is 0.906 bits per heavy atom. The maximum absolute atomic E-state index is 11.3. The molecule has 0 radical (unpaired) electrons. The van der Waals surface area contributed by atoms with E-state index in [1.54, 1.807) is 0 Å². The van der Waals surface area contributed by atoms with Crippen LogP contribution in [0.1, 0.15) is 97.1 Å². The Bertz CT molecular complexity index is 923.